The number of carbonyl (C=O) groups excluding carboxylic acids is 1. The van der Waals surface area contributed by atoms with Crippen LogP contribution in [0.15, 0.2) is 24.3 Å². The van der Waals surface area contributed by atoms with Gasteiger partial charge in [-0.25, -0.2) is 4.79 Å². The number of amides is 1. The highest BCUT2D eigenvalue weighted by Gasteiger charge is 1.87. The topological polar surface area (TPSA) is 72.5 Å². The Kier molecular flexibility index (Phi) is 4.85. The number of nitrogens with two attached hydrogens (primary N) is 1. The fraction of sp³-hybridized carbons (Fsp3) is 0.286. The lowest BCUT2D eigenvalue weighted by Gasteiger charge is -1.94. The first-order chi connectivity index (χ1) is 5.16. The van der Waals surface area contributed by atoms with Crippen LogP contribution < -0.4 is 5.73 Å². The molecule has 0 aromatic carbocycles. The SMILES string of the molecule is C=C(/C=C/COC(N)=O)CO. The maximum atomic E-state index is 10.0. The van der Waals surface area contributed by atoms with Crippen LogP contribution in [0.3, 0.4) is 0 Å². The van der Waals surface area contributed by atoms with Gasteiger partial charge in [-0.15, -0.1) is 0 Å². The van der Waals surface area contributed by atoms with Gasteiger partial charge in [0.25, 0.3) is 0 Å². The molecule has 0 rings (SSSR count). The van der Waals surface area contributed by atoms with Gasteiger partial charge in [0, 0.05) is 0 Å². The van der Waals surface area contributed by atoms with Crippen molar-refractivity contribution in [2.45, 2.75) is 0 Å². The van der Waals surface area contributed by atoms with Crippen molar-refractivity contribution in [1.29, 1.82) is 0 Å². The summed E-state index contributed by atoms with van der Waals surface area (Å²) in [5, 5.41) is 8.46. The molecule has 0 bridgehead atoms. The number of hydrogen-bond acceptors (Lipinski definition) is 3. The highest BCUT2D eigenvalue weighted by molar-refractivity contribution is 5.64. The number of aliphatic hydroxyl groups is 1. The second-order valence-electron chi connectivity index (χ2n) is 1.85. The molecule has 0 spiro atoms. The molecule has 4 nitrogen and oxygen atoms in total. The standard InChI is InChI=1S/C7H11NO3/c1-6(5-9)3-2-4-11-7(8)10/h2-3,9H,1,4-5H2,(H2,8,10)/b3-2+. The Morgan fingerprint density at radius 3 is 2.82 bits per heavy atom. The Morgan fingerprint density at radius 2 is 2.36 bits per heavy atom. The molecule has 0 fully saturated rings. The molecule has 0 aliphatic carbocycles. The molecule has 3 N–H and O–H groups in total. The molecule has 0 unspecified atom stereocenters. The first kappa shape index (κ1) is 9.71. The smallest absolute Gasteiger partial charge is 0.404 e. The average molecular weight is 157 g/mol. The van der Waals surface area contributed by atoms with Gasteiger partial charge in [0.2, 0.25) is 0 Å². The van der Waals surface area contributed by atoms with E-state index in [0.717, 1.165) is 0 Å². The highest BCUT2D eigenvalue weighted by atomic mass is 16.5. The van der Waals surface area contributed by atoms with Crippen LogP contribution in [0.4, 0.5) is 4.79 Å². The molecular weight excluding hydrogens is 146 g/mol. The van der Waals surface area contributed by atoms with Crippen molar-refractivity contribution in [1.82, 2.24) is 0 Å². The Balaban J connectivity index is 3.45. The van der Waals surface area contributed by atoms with Crippen LogP contribution in [0.25, 0.3) is 0 Å². The van der Waals surface area contributed by atoms with Crippen molar-refractivity contribution in [3.63, 3.8) is 0 Å². The van der Waals surface area contributed by atoms with E-state index in [4.69, 9.17) is 5.11 Å². The molecule has 0 aliphatic heterocycles. The molecule has 62 valence electrons. The second kappa shape index (κ2) is 5.49. The average Bonchev–Trinajstić information content (AvgIpc) is 1.97. The Morgan fingerprint density at radius 1 is 1.73 bits per heavy atom. The van der Waals surface area contributed by atoms with E-state index in [-0.39, 0.29) is 13.2 Å². The third-order valence-electron chi connectivity index (χ3n) is 0.878. The molecular formula is C7H11NO3. The van der Waals surface area contributed by atoms with E-state index in [1.54, 1.807) is 12.2 Å². The van der Waals surface area contributed by atoms with Gasteiger partial charge in [-0.1, -0.05) is 12.7 Å². The van der Waals surface area contributed by atoms with Gasteiger partial charge in [0.15, 0.2) is 0 Å². The Labute approximate surface area is 65.0 Å². The predicted octanol–water partition coefficient (Wildman–Crippen LogP) is 0.186. The van der Waals surface area contributed by atoms with Crippen LogP contribution in [-0.4, -0.2) is 24.4 Å². The molecule has 0 saturated carbocycles. The van der Waals surface area contributed by atoms with Gasteiger partial charge in [0.1, 0.15) is 6.61 Å². The molecule has 0 saturated heterocycles. The minimum absolute atomic E-state index is 0.104. The summed E-state index contributed by atoms with van der Waals surface area (Å²) in [6.45, 7) is 3.48. The van der Waals surface area contributed by atoms with Gasteiger partial charge in [-0.05, 0) is 11.6 Å². The van der Waals surface area contributed by atoms with Crippen LogP contribution in [0.1, 0.15) is 0 Å². The first-order valence-corrected chi connectivity index (χ1v) is 3.04. The van der Waals surface area contributed by atoms with Gasteiger partial charge in [-0.2, -0.15) is 0 Å². The number of carbonyl (C=O) groups is 1. The Hall–Kier alpha value is -1.29. The molecule has 0 aromatic rings. The zero-order valence-electron chi connectivity index (χ0n) is 6.12. The van der Waals surface area contributed by atoms with Gasteiger partial charge >= 0.3 is 6.09 Å². The van der Waals surface area contributed by atoms with E-state index in [1.165, 1.54) is 0 Å². The fourth-order valence-electron chi connectivity index (χ4n) is 0.398. The highest BCUT2D eigenvalue weighted by Crippen LogP contribution is 1.89. The van der Waals surface area contributed by atoms with Crippen molar-refractivity contribution in [2.75, 3.05) is 13.2 Å². The van der Waals surface area contributed by atoms with Gasteiger partial charge in [-0.3, -0.25) is 0 Å². The van der Waals surface area contributed by atoms with Crippen molar-refractivity contribution in [3.05, 3.63) is 24.3 Å². The summed E-state index contributed by atoms with van der Waals surface area (Å²) in [6.07, 6.45) is 2.29. The second-order valence-corrected chi connectivity index (χ2v) is 1.85. The van der Waals surface area contributed by atoms with Crippen molar-refractivity contribution in [3.8, 4) is 0 Å². The monoisotopic (exact) mass is 157 g/mol. The lowest BCUT2D eigenvalue weighted by atomic mass is 10.3. The van der Waals surface area contributed by atoms with Crippen molar-refractivity contribution in [2.24, 2.45) is 5.73 Å². The molecule has 0 aliphatic rings. The first-order valence-electron chi connectivity index (χ1n) is 3.04. The third-order valence-corrected chi connectivity index (χ3v) is 0.878. The quantitative estimate of drug-likeness (QED) is 0.572. The molecule has 11 heavy (non-hydrogen) atoms. The summed E-state index contributed by atoms with van der Waals surface area (Å²) in [6, 6.07) is 0. The number of aliphatic hydroxyl groups excluding tert-OH is 1. The maximum Gasteiger partial charge on any atom is 0.404 e. The molecule has 1 amide bonds. The van der Waals surface area contributed by atoms with Gasteiger partial charge < -0.3 is 15.6 Å². The van der Waals surface area contributed by atoms with Crippen LogP contribution in [-0.2, 0) is 4.74 Å². The van der Waals surface area contributed by atoms with Crippen LogP contribution in [0.2, 0.25) is 0 Å². The normalized spacial score (nSPS) is 9.91. The lowest BCUT2D eigenvalue weighted by Crippen LogP contribution is -2.12. The molecule has 0 radical (unpaired) electrons. The Bertz CT molecular complexity index is 175. The van der Waals surface area contributed by atoms with E-state index in [0.29, 0.717) is 5.57 Å². The number of ether oxygens (including phenoxy) is 1. The van der Waals surface area contributed by atoms with E-state index < -0.39 is 6.09 Å². The van der Waals surface area contributed by atoms with Gasteiger partial charge in [0.05, 0.1) is 6.61 Å². The van der Waals surface area contributed by atoms with Crippen LogP contribution in [0, 0.1) is 0 Å². The van der Waals surface area contributed by atoms with Crippen molar-refractivity contribution < 1.29 is 14.6 Å². The minimum Gasteiger partial charge on any atom is -0.445 e. The van der Waals surface area contributed by atoms with E-state index in [1.807, 2.05) is 0 Å². The third kappa shape index (κ3) is 6.60. The van der Waals surface area contributed by atoms with E-state index in [9.17, 15) is 4.79 Å². The number of rotatable bonds is 4. The van der Waals surface area contributed by atoms with Crippen LogP contribution in [0.5, 0.6) is 0 Å². The van der Waals surface area contributed by atoms with Crippen molar-refractivity contribution >= 4 is 6.09 Å². The zero-order valence-corrected chi connectivity index (χ0v) is 6.12. The summed E-state index contributed by atoms with van der Waals surface area (Å²) in [5.41, 5.74) is 5.23. The summed E-state index contributed by atoms with van der Waals surface area (Å²) in [5.74, 6) is 0. The lowest BCUT2D eigenvalue weighted by molar-refractivity contribution is 0.169. The molecule has 0 aromatic heterocycles. The zero-order chi connectivity index (χ0) is 8.69. The molecule has 0 heterocycles. The largest absolute Gasteiger partial charge is 0.445 e. The predicted molar refractivity (Wildman–Crippen MR) is 40.9 cm³/mol. The van der Waals surface area contributed by atoms with E-state index in [2.05, 4.69) is 17.0 Å². The maximum absolute atomic E-state index is 10.0. The number of primary amides is 1. The summed E-state index contributed by atoms with van der Waals surface area (Å²) >= 11 is 0. The van der Waals surface area contributed by atoms with E-state index >= 15 is 0 Å². The van der Waals surface area contributed by atoms with Crippen LogP contribution >= 0.6 is 0 Å². The fourth-order valence-corrected chi connectivity index (χ4v) is 0.398. The minimum atomic E-state index is -0.815. The number of hydrogen-bond donors (Lipinski definition) is 2. The molecule has 4 heteroatoms. The summed E-state index contributed by atoms with van der Waals surface area (Å²) in [7, 11) is 0. The molecule has 0 atom stereocenters. The summed E-state index contributed by atoms with van der Waals surface area (Å²) in [4.78, 5) is 10.0. The summed E-state index contributed by atoms with van der Waals surface area (Å²) < 4.78 is 4.37.